The van der Waals surface area contributed by atoms with Gasteiger partial charge in [0.2, 0.25) is 0 Å². The summed E-state index contributed by atoms with van der Waals surface area (Å²) in [6, 6.07) is 13.2. The lowest BCUT2D eigenvalue weighted by Gasteiger charge is -2.35. The highest BCUT2D eigenvalue weighted by atomic mass is 32.2. The largest absolute Gasteiger partial charge is 0.497 e. The van der Waals surface area contributed by atoms with Crippen LogP contribution in [0.2, 0.25) is 0 Å². The van der Waals surface area contributed by atoms with Crippen LogP contribution in [-0.2, 0) is 10.6 Å². The molecule has 0 spiro atoms. The van der Waals surface area contributed by atoms with Crippen LogP contribution in [0.5, 0.6) is 5.75 Å². The highest BCUT2D eigenvalue weighted by molar-refractivity contribution is 8.17. The smallest absolute Gasteiger partial charge is 0.119 e. The van der Waals surface area contributed by atoms with Crippen molar-refractivity contribution >= 4 is 34.3 Å². The summed E-state index contributed by atoms with van der Waals surface area (Å²) in [5.41, 5.74) is 1.38. The Balaban J connectivity index is 2.06. The van der Waals surface area contributed by atoms with Gasteiger partial charge in [-0.3, -0.25) is 0 Å². The Kier molecular flexibility index (Phi) is 7.58. The van der Waals surface area contributed by atoms with Gasteiger partial charge in [-0.05, 0) is 57.9 Å². The van der Waals surface area contributed by atoms with Crippen molar-refractivity contribution in [2.24, 2.45) is 11.8 Å². The quantitative estimate of drug-likeness (QED) is 0.337. The number of hydrogen-bond acceptors (Lipinski definition) is 4. The van der Waals surface area contributed by atoms with Gasteiger partial charge >= 0.3 is 0 Å². The summed E-state index contributed by atoms with van der Waals surface area (Å²) in [4.78, 5) is 4.29. The van der Waals surface area contributed by atoms with E-state index in [0.717, 1.165) is 23.8 Å². The van der Waals surface area contributed by atoms with Crippen molar-refractivity contribution in [1.29, 1.82) is 0 Å². The number of methoxy groups -OCH3 is 1. The second-order valence-corrected chi connectivity index (χ2v) is 11.2. The van der Waals surface area contributed by atoms with Gasteiger partial charge in [-0.15, -0.1) is 23.5 Å². The van der Waals surface area contributed by atoms with Gasteiger partial charge < -0.3 is 9.30 Å². The number of nitrogens with zero attached hydrogens (tertiary/aromatic N) is 2. The molecular formula is C24H32N2OS2. The van der Waals surface area contributed by atoms with Crippen LogP contribution in [0, 0.1) is 11.8 Å². The maximum absolute atomic E-state index is 5.40. The monoisotopic (exact) mass is 428 g/mol. The molecule has 3 rings (SSSR count). The van der Waals surface area contributed by atoms with E-state index in [9.17, 15) is 0 Å². The van der Waals surface area contributed by atoms with Crippen LogP contribution in [0.25, 0.3) is 10.8 Å². The average molecular weight is 429 g/mol. The predicted octanol–water partition coefficient (Wildman–Crippen LogP) is 6.68. The summed E-state index contributed by atoms with van der Waals surface area (Å²) in [5, 5.41) is 2.47. The Hall–Kier alpha value is -1.59. The standard InChI is InChI=1S/C24H32N2OS2/c1-18(2)14-28-24(29-15-19(3)4,16-26-11-10-25-17-26)22-8-6-21-13-23(27-5)9-7-20(21)12-22/h6-13,17-19H,14-16H2,1-5H3. The molecule has 0 N–H and O–H groups in total. The molecule has 1 heterocycles. The van der Waals surface area contributed by atoms with Gasteiger partial charge in [-0.1, -0.05) is 45.9 Å². The third-order valence-electron chi connectivity index (χ3n) is 4.74. The molecule has 1 aromatic heterocycles. The molecule has 0 bridgehead atoms. The number of thioether (sulfide) groups is 2. The van der Waals surface area contributed by atoms with E-state index in [1.807, 2.05) is 18.6 Å². The van der Waals surface area contributed by atoms with Crippen molar-refractivity contribution in [2.45, 2.75) is 38.3 Å². The molecule has 2 aromatic carbocycles. The molecule has 156 valence electrons. The zero-order valence-corrected chi connectivity index (χ0v) is 19.7. The number of benzene rings is 2. The lowest BCUT2D eigenvalue weighted by molar-refractivity contribution is 0.415. The molecule has 0 aliphatic carbocycles. The Bertz CT molecular complexity index is 894. The van der Waals surface area contributed by atoms with Crippen molar-refractivity contribution < 1.29 is 4.74 Å². The predicted molar refractivity (Wildman–Crippen MR) is 129 cm³/mol. The van der Waals surface area contributed by atoms with Crippen LogP contribution in [0.1, 0.15) is 33.3 Å². The molecule has 0 atom stereocenters. The van der Waals surface area contributed by atoms with E-state index >= 15 is 0 Å². The minimum Gasteiger partial charge on any atom is -0.497 e. The van der Waals surface area contributed by atoms with Gasteiger partial charge in [0.1, 0.15) is 9.83 Å². The number of imidazole rings is 1. The minimum absolute atomic E-state index is 0.0522. The first-order valence-electron chi connectivity index (χ1n) is 10.2. The SMILES string of the molecule is COc1ccc2cc(C(Cn3ccnc3)(SCC(C)C)SCC(C)C)ccc2c1. The van der Waals surface area contributed by atoms with Crippen molar-refractivity contribution in [3.8, 4) is 5.75 Å². The molecule has 0 saturated heterocycles. The first kappa shape index (κ1) is 22.1. The second kappa shape index (κ2) is 9.94. The van der Waals surface area contributed by atoms with Crippen molar-refractivity contribution in [3.63, 3.8) is 0 Å². The van der Waals surface area contributed by atoms with Crippen LogP contribution < -0.4 is 4.74 Å². The van der Waals surface area contributed by atoms with Gasteiger partial charge in [0.25, 0.3) is 0 Å². The van der Waals surface area contributed by atoms with Gasteiger partial charge in [0.05, 0.1) is 20.0 Å². The summed E-state index contributed by atoms with van der Waals surface area (Å²) in [6.45, 7) is 10.1. The van der Waals surface area contributed by atoms with Crippen molar-refractivity contribution in [2.75, 3.05) is 18.6 Å². The Labute approximate surface area is 183 Å². The van der Waals surface area contributed by atoms with E-state index in [-0.39, 0.29) is 4.08 Å². The van der Waals surface area contributed by atoms with Crippen LogP contribution >= 0.6 is 23.5 Å². The molecule has 0 saturated carbocycles. The maximum Gasteiger partial charge on any atom is 0.119 e. The molecule has 0 fully saturated rings. The zero-order chi connectivity index (χ0) is 20.9. The fourth-order valence-electron chi connectivity index (χ4n) is 3.20. The van der Waals surface area contributed by atoms with E-state index < -0.39 is 0 Å². The topological polar surface area (TPSA) is 27.1 Å². The fraction of sp³-hybridized carbons (Fsp3) is 0.458. The third-order valence-corrected chi connectivity index (χ3v) is 8.77. The normalized spacial score (nSPS) is 12.2. The lowest BCUT2D eigenvalue weighted by atomic mass is 10.0. The van der Waals surface area contributed by atoms with E-state index in [2.05, 4.69) is 97.3 Å². The summed E-state index contributed by atoms with van der Waals surface area (Å²) in [6.07, 6.45) is 5.89. The van der Waals surface area contributed by atoms with Gasteiger partial charge in [0, 0.05) is 12.4 Å². The zero-order valence-electron chi connectivity index (χ0n) is 18.1. The molecule has 5 heteroatoms. The van der Waals surface area contributed by atoms with Crippen molar-refractivity contribution in [1.82, 2.24) is 9.55 Å². The first-order chi connectivity index (χ1) is 13.9. The molecule has 0 unspecified atom stereocenters. The van der Waals surface area contributed by atoms with E-state index in [1.54, 1.807) is 7.11 Å². The van der Waals surface area contributed by atoms with E-state index in [0.29, 0.717) is 11.8 Å². The Morgan fingerprint density at radius 3 is 2.21 bits per heavy atom. The maximum atomic E-state index is 5.40. The molecule has 3 nitrogen and oxygen atoms in total. The van der Waals surface area contributed by atoms with Crippen LogP contribution in [0.3, 0.4) is 0 Å². The minimum atomic E-state index is -0.0522. The number of ether oxygens (including phenoxy) is 1. The number of aromatic nitrogens is 2. The first-order valence-corrected chi connectivity index (χ1v) is 12.2. The van der Waals surface area contributed by atoms with Crippen LogP contribution in [0.4, 0.5) is 0 Å². The van der Waals surface area contributed by atoms with Gasteiger partial charge in [-0.25, -0.2) is 4.98 Å². The van der Waals surface area contributed by atoms with Gasteiger partial charge in [-0.2, -0.15) is 0 Å². The molecular weight excluding hydrogens is 396 g/mol. The average Bonchev–Trinajstić information content (AvgIpc) is 3.22. The van der Waals surface area contributed by atoms with E-state index in [1.165, 1.54) is 16.3 Å². The third kappa shape index (κ3) is 5.73. The summed E-state index contributed by atoms with van der Waals surface area (Å²) >= 11 is 4.15. The fourth-order valence-corrected chi connectivity index (χ4v) is 6.22. The molecule has 3 aromatic rings. The number of rotatable bonds is 10. The summed E-state index contributed by atoms with van der Waals surface area (Å²) in [5.74, 6) is 4.44. The lowest BCUT2D eigenvalue weighted by Crippen LogP contribution is -2.27. The number of hydrogen-bond donors (Lipinski definition) is 0. The Morgan fingerprint density at radius 1 is 0.966 bits per heavy atom. The summed E-state index contributed by atoms with van der Waals surface area (Å²) in [7, 11) is 1.72. The highest BCUT2D eigenvalue weighted by Gasteiger charge is 2.35. The van der Waals surface area contributed by atoms with Crippen LogP contribution in [-0.4, -0.2) is 28.2 Å². The Morgan fingerprint density at radius 2 is 1.62 bits per heavy atom. The molecule has 0 radical (unpaired) electrons. The van der Waals surface area contributed by atoms with Crippen LogP contribution in [0.15, 0.2) is 55.1 Å². The van der Waals surface area contributed by atoms with Gasteiger partial charge in [0.15, 0.2) is 0 Å². The van der Waals surface area contributed by atoms with Crippen molar-refractivity contribution in [3.05, 3.63) is 60.7 Å². The summed E-state index contributed by atoms with van der Waals surface area (Å²) < 4.78 is 7.57. The highest BCUT2D eigenvalue weighted by Crippen LogP contribution is 2.50. The second-order valence-electron chi connectivity index (χ2n) is 8.33. The number of fused-ring (bicyclic) bond motifs is 1. The molecule has 0 amide bonds. The molecule has 0 aliphatic rings. The molecule has 0 aliphatic heterocycles. The van der Waals surface area contributed by atoms with E-state index in [4.69, 9.17) is 4.74 Å². The molecule has 29 heavy (non-hydrogen) atoms.